The van der Waals surface area contributed by atoms with Gasteiger partial charge >= 0.3 is 0 Å². The smallest absolute Gasteiger partial charge is 0.267 e. The fraction of sp³-hybridized carbons (Fsp3) is 0.185. The van der Waals surface area contributed by atoms with Crippen molar-refractivity contribution in [3.63, 3.8) is 0 Å². The number of aromatic nitrogens is 5. The van der Waals surface area contributed by atoms with Crippen molar-refractivity contribution in [3.8, 4) is 5.69 Å². The molecule has 1 N–H and O–H groups in total. The molecule has 0 radical (unpaired) electrons. The number of hydrogen-bond donors (Lipinski definition) is 1. The van der Waals surface area contributed by atoms with Crippen molar-refractivity contribution < 1.29 is 4.79 Å². The van der Waals surface area contributed by atoms with Crippen molar-refractivity contribution in [3.05, 3.63) is 106 Å². The Bertz CT molecular complexity index is 1600. The van der Waals surface area contributed by atoms with Crippen LogP contribution in [-0.4, -0.2) is 47.4 Å². The number of amides is 1. The van der Waals surface area contributed by atoms with Crippen LogP contribution in [0.15, 0.2) is 89.2 Å². The summed E-state index contributed by atoms with van der Waals surface area (Å²) in [5.41, 5.74) is 3.79. The maximum Gasteiger partial charge on any atom is 0.267 e. The third-order valence-corrected chi connectivity index (χ3v) is 7.45. The molecule has 0 unspecified atom stereocenters. The average molecular weight is 497 g/mol. The summed E-state index contributed by atoms with van der Waals surface area (Å²) in [4.78, 5) is 36.4. The lowest BCUT2D eigenvalue weighted by molar-refractivity contribution is 0.0738. The van der Waals surface area contributed by atoms with Crippen LogP contribution in [0.2, 0.25) is 0 Å². The van der Waals surface area contributed by atoms with Gasteiger partial charge in [0.1, 0.15) is 5.56 Å². The monoisotopic (exact) mass is 496 g/mol. The maximum absolute atomic E-state index is 13.8. The SMILES string of the molecule is O=C(c1cnc2n(c1=O)CCS2)N(CCc1c[nH]c2ccccc12)Cc1ccnn1-c1ccccc1. The van der Waals surface area contributed by atoms with Crippen molar-refractivity contribution in [1.82, 2.24) is 29.2 Å². The summed E-state index contributed by atoms with van der Waals surface area (Å²) in [6.45, 7) is 1.33. The van der Waals surface area contributed by atoms with E-state index in [1.165, 1.54) is 18.0 Å². The summed E-state index contributed by atoms with van der Waals surface area (Å²) in [7, 11) is 0. The van der Waals surface area contributed by atoms with Gasteiger partial charge in [0.15, 0.2) is 5.16 Å². The number of rotatable bonds is 7. The second-order valence-electron chi connectivity index (χ2n) is 8.67. The van der Waals surface area contributed by atoms with Gasteiger partial charge in [0.2, 0.25) is 0 Å². The van der Waals surface area contributed by atoms with Crippen molar-refractivity contribution in [1.29, 1.82) is 0 Å². The number of nitrogens with one attached hydrogen (secondary N) is 1. The van der Waals surface area contributed by atoms with Crippen molar-refractivity contribution in [2.45, 2.75) is 24.7 Å². The average Bonchev–Trinajstić information content (AvgIpc) is 3.67. The first kappa shape index (κ1) is 22.4. The number of H-pyrrole nitrogens is 1. The number of benzene rings is 2. The largest absolute Gasteiger partial charge is 0.361 e. The summed E-state index contributed by atoms with van der Waals surface area (Å²) in [5.74, 6) is 0.473. The quantitative estimate of drug-likeness (QED) is 0.345. The fourth-order valence-corrected chi connectivity index (χ4v) is 5.54. The van der Waals surface area contributed by atoms with Crippen LogP contribution in [0.3, 0.4) is 0 Å². The molecule has 0 saturated heterocycles. The van der Waals surface area contributed by atoms with E-state index >= 15 is 0 Å². The highest BCUT2D eigenvalue weighted by Crippen LogP contribution is 2.22. The van der Waals surface area contributed by atoms with Gasteiger partial charge in [0.25, 0.3) is 11.5 Å². The second kappa shape index (κ2) is 9.50. The summed E-state index contributed by atoms with van der Waals surface area (Å²) < 4.78 is 3.43. The molecule has 0 aliphatic carbocycles. The summed E-state index contributed by atoms with van der Waals surface area (Å²) in [6.07, 6.45) is 5.80. The summed E-state index contributed by atoms with van der Waals surface area (Å²) >= 11 is 1.54. The molecular formula is C27H24N6O2S. The van der Waals surface area contributed by atoms with Crippen LogP contribution in [0.4, 0.5) is 0 Å². The molecule has 5 aromatic rings. The Morgan fingerprint density at radius 3 is 2.81 bits per heavy atom. The van der Waals surface area contributed by atoms with Crippen molar-refractivity contribution >= 4 is 28.6 Å². The van der Waals surface area contributed by atoms with E-state index in [4.69, 9.17) is 0 Å². The molecule has 6 rings (SSSR count). The number of carbonyl (C=O) groups is 1. The molecule has 0 spiro atoms. The zero-order chi connectivity index (χ0) is 24.5. The molecule has 2 aromatic carbocycles. The van der Waals surface area contributed by atoms with Crippen LogP contribution in [0.5, 0.6) is 0 Å². The van der Waals surface area contributed by atoms with E-state index in [0.717, 1.165) is 33.6 Å². The normalized spacial score (nSPS) is 12.7. The van der Waals surface area contributed by atoms with E-state index < -0.39 is 0 Å². The molecule has 1 aliphatic heterocycles. The fourth-order valence-electron chi connectivity index (χ4n) is 4.63. The Kier molecular flexibility index (Phi) is 5.90. The standard InChI is InChI=1S/C27H24N6O2S/c34-25(23-17-29-27-32(26(23)35)14-15-36-27)31(13-11-19-16-28-24-9-5-4-8-22(19)24)18-21-10-12-30-33(21)20-6-2-1-3-7-20/h1-10,12,16-17,28H,11,13-15,18H2. The minimum absolute atomic E-state index is 0.103. The highest BCUT2D eigenvalue weighted by Gasteiger charge is 2.25. The predicted molar refractivity (Wildman–Crippen MR) is 140 cm³/mol. The number of thioether (sulfide) groups is 1. The van der Waals surface area contributed by atoms with Gasteiger partial charge in [-0.05, 0) is 36.2 Å². The second-order valence-corrected chi connectivity index (χ2v) is 9.73. The Morgan fingerprint density at radius 2 is 1.92 bits per heavy atom. The van der Waals surface area contributed by atoms with Gasteiger partial charge in [-0.3, -0.25) is 14.2 Å². The lowest BCUT2D eigenvalue weighted by Crippen LogP contribution is -2.38. The summed E-state index contributed by atoms with van der Waals surface area (Å²) in [5, 5.41) is 6.29. The lowest BCUT2D eigenvalue weighted by Gasteiger charge is -2.23. The van der Waals surface area contributed by atoms with Gasteiger partial charge in [-0.1, -0.05) is 48.2 Å². The maximum atomic E-state index is 13.8. The Morgan fingerprint density at radius 1 is 1.08 bits per heavy atom. The first-order valence-corrected chi connectivity index (χ1v) is 12.8. The molecule has 4 heterocycles. The minimum atomic E-state index is -0.319. The lowest BCUT2D eigenvalue weighted by atomic mass is 10.1. The third kappa shape index (κ3) is 4.11. The van der Waals surface area contributed by atoms with Crippen LogP contribution in [-0.2, 0) is 19.5 Å². The minimum Gasteiger partial charge on any atom is -0.361 e. The van der Waals surface area contributed by atoms with E-state index in [1.54, 1.807) is 15.7 Å². The van der Waals surface area contributed by atoms with Gasteiger partial charge < -0.3 is 9.88 Å². The highest BCUT2D eigenvalue weighted by molar-refractivity contribution is 7.99. The zero-order valence-electron chi connectivity index (χ0n) is 19.5. The van der Waals surface area contributed by atoms with E-state index in [9.17, 15) is 9.59 Å². The van der Waals surface area contributed by atoms with Crippen LogP contribution < -0.4 is 5.56 Å². The molecule has 0 fully saturated rings. The van der Waals surface area contributed by atoms with Crippen molar-refractivity contribution in [2.75, 3.05) is 12.3 Å². The predicted octanol–water partition coefficient (Wildman–Crippen LogP) is 3.90. The Labute approximate surface area is 211 Å². The van der Waals surface area contributed by atoms with Gasteiger partial charge in [-0.2, -0.15) is 5.10 Å². The van der Waals surface area contributed by atoms with E-state index in [0.29, 0.717) is 31.2 Å². The van der Waals surface area contributed by atoms with Gasteiger partial charge in [0.05, 0.1) is 17.9 Å². The number of para-hydroxylation sites is 2. The Balaban J connectivity index is 1.34. The molecule has 1 aliphatic rings. The topological polar surface area (TPSA) is 88.8 Å². The molecule has 0 saturated carbocycles. The van der Waals surface area contributed by atoms with Gasteiger partial charge in [-0.25, -0.2) is 9.67 Å². The summed E-state index contributed by atoms with van der Waals surface area (Å²) in [6, 6.07) is 19.8. The molecule has 9 heteroatoms. The van der Waals surface area contributed by atoms with Crippen LogP contribution in [0, 0.1) is 0 Å². The number of hydrogen-bond acceptors (Lipinski definition) is 5. The molecule has 3 aromatic heterocycles. The molecule has 8 nitrogen and oxygen atoms in total. The molecule has 36 heavy (non-hydrogen) atoms. The first-order valence-electron chi connectivity index (χ1n) is 11.8. The molecular weight excluding hydrogens is 472 g/mol. The van der Waals surface area contributed by atoms with E-state index in [1.807, 2.05) is 65.5 Å². The number of carbonyl (C=O) groups excluding carboxylic acids is 1. The van der Waals surface area contributed by atoms with Crippen LogP contribution in [0.1, 0.15) is 21.6 Å². The van der Waals surface area contributed by atoms with Gasteiger partial charge in [-0.15, -0.1) is 0 Å². The van der Waals surface area contributed by atoms with Gasteiger partial charge in [0, 0.05) is 48.3 Å². The highest BCUT2D eigenvalue weighted by atomic mass is 32.2. The third-order valence-electron chi connectivity index (χ3n) is 6.47. The first-order chi connectivity index (χ1) is 17.7. The number of fused-ring (bicyclic) bond motifs is 2. The molecule has 0 bridgehead atoms. The number of aromatic amines is 1. The van der Waals surface area contributed by atoms with E-state index in [-0.39, 0.29) is 17.0 Å². The van der Waals surface area contributed by atoms with Crippen LogP contribution >= 0.6 is 11.8 Å². The van der Waals surface area contributed by atoms with Crippen LogP contribution in [0.25, 0.3) is 16.6 Å². The Hall–Kier alpha value is -4.11. The molecule has 0 atom stereocenters. The molecule has 1 amide bonds. The number of nitrogens with zero attached hydrogens (tertiary/aromatic N) is 5. The van der Waals surface area contributed by atoms with E-state index in [2.05, 4.69) is 21.1 Å². The zero-order valence-corrected chi connectivity index (χ0v) is 20.3. The van der Waals surface area contributed by atoms with Crippen molar-refractivity contribution in [2.24, 2.45) is 0 Å². The molecule has 180 valence electrons.